The molecule has 1 amide bonds. The Morgan fingerprint density at radius 3 is 2.53 bits per heavy atom. The van der Waals surface area contributed by atoms with E-state index in [0.717, 1.165) is 6.07 Å². The van der Waals surface area contributed by atoms with Crippen molar-refractivity contribution in [3.63, 3.8) is 0 Å². The number of hydrogen-bond donors (Lipinski definition) is 3. The van der Waals surface area contributed by atoms with Crippen molar-refractivity contribution in [3.05, 3.63) is 34.6 Å². The number of rotatable bonds is 3. The van der Waals surface area contributed by atoms with Crippen LogP contribution in [0.25, 0.3) is 0 Å². The van der Waals surface area contributed by atoms with Crippen molar-refractivity contribution in [3.8, 4) is 0 Å². The molecule has 0 aliphatic rings. The molecule has 0 aliphatic carbocycles. The molecule has 82 valence electrons. The summed E-state index contributed by atoms with van der Waals surface area (Å²) in [7, 11) is 0. The Morgan fingerprint density at radius 2 is 2.07 bits per heavy atom. The summed E-state index contributed by atoms with van der Waals surface area (Å²) >= 11 is 5.49. The van der Waals surface area contributed by atoms with Crippen molar-refractivity contribution >= 4 is 17.5 Å². The van der Waals surface area contributed by atoms with Crippen molar-refractivity contribution in [1.29, 1.82) is 0 Å². The zero-order chi connectivity index (χ0) is 11.6. The molecule has 4 N–H and O–H groups in total. The highest BCUT2D eigenvalue weighted by Gasteiger charge is 2.25. The predicted molar refractivity (Wildman–Crippen MR) is 51.6 cm³/mol. The molecule has 0 saturated carbocycles. The van der Waals surface area contributed by atoms with Gasteiger partial charge in [-0.25, -0.2) is 4.39 Å². The van der Waals surface area contributed by atoms with Gasteiger partial charge in [-0.15, -0.1) is 0 Å². The smallest absolute Gasteiger partial charge is 0.249 e. The van der Waals surface area contributed by atoms with E-state index in [0.29, 0.717) is 0 Å². The molecule has 2 unspecified atom stereocenters. The van der Waals surface area contributed by atoms with Crippen molar-refractivity contribution in [1.82, 2.24) is 0 Å². The Balaban J connectivity index is 3.01. The first kappa shape index (κ1) is 11.9. The summed E-state index contributed by atoms with van der Waals surface area (Å²) in [4.78, 5) is 10.6. The van der Waals surface area contributed by atoms with Crippen molar-refractivity contribution in [2.45, 2.75) is 12.2 Å². The average molecular weight is 234 g/mol. The molecule has 0 saturated heterocycles. The topological polar surface area (TPSA) is 83.6 Å². The van der Waals surface area contributed by atoms with Crippen molar-refractivity contribution < 1.29 is 19.4 Å². The lowest BCUT2D eigenvalue weighted by atomic mass is 10.0. The van der Waals surface area contributed by atoms with E-state index in [4.69, 9.17) is 22.4 Å². The number of aliphatic hydroxyl groups is 2. The van der Waals surface area contributed by atoms with E-state index in [1.807, 2.05) is 0 Å². The van der Waals surface area contributed by atoms with Gasteiger partial charge in [-0.2, -0.15) is 0 Å². The van der Waals surface area contributed by atoms with Gasteiger partial charge in [0.2, 0.25) is 5.91 Å². The first-order valence-corrected chi connectivity index (χ1v) is 4.41. The van der Waals surface area contributed by atoms with E-state index in [9.17, 15) is 14.3 Å². The van der Waals surface area contributed by atoms with Gasteiger partial charge in [-0.3, -0.25) is 4.79 Å². The first-order valence-electron chi connectivity index (χ1n) is 4.04. The second-order valence-corrected chi connectivity index (χ2v) is 3.39. The minimum absolute atomic E-state index is 0.150. The maximum Gasteiger partial charge on any atom is 0.249 e. The van der Waals surface area contributed by atoms with Crippen LogP contribution in [-0.2, 0) is 4.79 Å². The second kappa shape index (κ2) is 4.57. The van der Waals surface area contributed by atoms with E-state index >= 15 is 0 Å². The Morgan fingerprint density at radius 1 is 1.47 bits per heavy atom. The van der Waals surface area contributed by atoms with Crippen LogP contribution < -0.4 is 5.73 Å². The molecule has 4 nitrogen and oxygen atoms in total. The van der Waals surface area contributed by atoms with Crippen LogP contribution in [0.5, 0.6) is 0 Å². The number of carbonyl (C=O) groups is 1. The van der Waals surface area contributed by atoms with E-state index in [-0.39, 0.29) is 10.6 Å². The molecule has 1 rings (SSSR count). The van der Waals surface area contributed by atoms with Crippen LogP contribution in [0.3, 0.4) is 0 Å². The highest BCUT2D eigenvalue weighted by atomic mass is 35.5. The van der Waals surface area contributed by atoms with Crippen LogP contribution in [0.4, 0.5) is 4.39 Å². The number of carbonyl (C=O) groups excluding carboxylic acids is 1. The van der Waals surface area contributed by atoms with Crippen LogP contribution in [0.2, 0.25) is 5.02 Å². The van der Waals surface area contributed by atoms with Gasteiger partial charge in [0, 0.05) is 10.6 Å². The molecule has 0 fully saturated rings. The third-order valence-electron chi connectivity index (χ3n) is 1.87. The van der Waals surface area contributed by atoms with Crippen LogP contribution in [-0.4, -0.2) is 22.2 Å². The van der Waals surface area contributed by atoms with Crippen molar-refractivity contribution in [2.75, 3.05) is 0 Å². The molecule has 0 spiro atoms. The van der Waals surface area contributed by atoms with Gasteiger partial charge >= 0.3 is 0 Å². The Kier molecular flexibility index (Phi) is 3.62. The first-order chi connectivity index (χ1) is 6.93. The second-order valence-electron chi connectivity index (χ2n) is 2.96. The van der Waals surface area contributed by atoms with Gasteiger partial charge in [0.1, 0.15) is 11.9 Å². The van der Waals surface area contributed by atoms with E-state index in [1.165, 1.54) is 12.1 Å². The molecule has 1 aromatic rings. The largest absolute Gasteiger partial charge is 0.385 e. The molecule has 2 atom stereocenters. The van der Waals surface area contributed by atoms with Crippen molar-refractivity contribution in [2.24, 2.45) is 5.73 Å². The van der Waals surface area contributed by atoms with Gasteiger partial charge in [-0.1, -0.05) is 17.7 Å². The van der Waals surface area contributed by atoms with Gasteiger partial charge in [0.25, 0.3) is 0 Å². The van der Waals surface area contributed by atoms with E-state index in [2.05, 4.69) is 0 Å². The normalized spacial score (nSPS) is 14.7. The molecule has 15 heavy (non-hydrogen) atoms. The fourth-order valence-electron chi connectivity index (χ4n) is 1.07. The van der Waals surface area contributed by atoms with Crippen LogP contribution in [0.1, 0.15) is 11.7 Å². The molecular formula is C9H9ClFNO3. The quantitative estimate of drug-likeness (QED) is 0.705. The molecule has 1 aromatic carbocycles. The Bertz CT molecular complexity index is 386. The monoisotopic (exact) mass is 233 g/mol. The van der Waals surface area contributed by atoms with Crippen LogP contribution in [0, 0.1) is 5.82 Å². The summed E-state index contributed by atoms with van der Waals surface area (Å²) < 4.78 is 13.2. The number of aliphatic hydroxyl groups excluding tert-OH is 2. The third-order valence-corrected chi connectivity index (χ3v) is 2.11. The van der Waals surface area contributed by atoms with Gasteiger partial charge < -0.3 is 15.9 Å². The fourth-order valence-corrected chi connectivity index (χ4v) is 1.23. The number of benzene rings is 1. The molecule has 0 aliphatic heterocycles. The Labute approximate surface area is 90.1 Å². The zero-order valence-electron chi connectivity index (χ0n) is 7.52. The summed E-state index contributed by atoms with van der Waals surface area (Å²) in [5.41, 5.74) is 4.53. The molecule has 0 aromatic heterocycles. The highest BCUT2D eigenvalue weighted by molar-refractivity contribution is 6.30. The number of primary amides is 1. The highest BCUT2D eigenvalue weighted by Crippen LogP contribution is 2.22. The lowest BCUT2D eigenvalue weighted by molar-refractivity contribution is -0.132. The van der Waals surface area contributed by atoms with E-state index < -0.39 is 23.9 Å². The van der Waals surface area contributed by atoms with Gasteiger partial charge in [-0.05, 0) is 12.1 Å². The van der Waals surface area contributed by atoms with Gasteiger partial charge in [0.05, 0.1) is 0 Å². The molecule has 6 heteroatoms. The molecule has 0 heterocycles. The number of amides is 1. The lowest BCUT2D eigenvalue weighted by Gasteiger charge is -2.15. The minimum Gasteiger partial charge on any atom is -0.385 e. The number of nitrogens with two attached hydrogens (primary N) is 1. The Hall–Kier alpha value is -1.17. The standard InChI is InChI=1S/C9H9ClFNO3/c10-4-1-2-5(6(11)3-4)7(13)8(14)9(12)15/h1-3,7-8,13-14H,(H2,12,15). The van der Waals surface area contributed by atoms with Gasteiger partial charge in [0.15, 0.2) is 6.10 Å². The maximum atomic E-state index is 13.2. The summed E-state index contributed by atoms with van der Waals surface area (Å²) in [6.07, 6.45) is -3.54. The summed E-state index contributed by atoms with van der Waals surface area (Å²) in [6.45, 7) is 0. The SMILES string of the molecule is NC(=O)C(O)C(O)c1ccc(Cl)cc1F. The maximum absolute atomic E-state index is 13.2. The number of hydrogen-bond acceptors (Lipinski definition) is 3. The minimum atomic E-state index is -1.85. The average Bonchev–Trinajstić information content (AvgIpc) is 2.15. The lowest BCUT2D eigenvalue weighted by Crippen LogP contribution is -2.34. The predicted octanol–water partition coefficient (Wildman–Crippen LogP) is 0.359. The molecular weight excluding hydrogens is 225 g/mol. The fraction of sp³-hybridized carbons (Fsp3) is 0.222. The zero-order valence-corrected chi connectivity index (χ0v) is 8.28. The summed E-state index contributed by atoms with van der Waals surface area (Å²) in [5.74, 6) is -1.94. The van der Waals surface area contributed by atoms with E-state index in [1.54, 1.807) is 0 Å². The van der Waals surface area contributed by atoms with Crippen LogP contribution in [0.15, 0.2) is 18.2 Å². The third kappa shape index (κ3) is 2.65. The van der Waals surface area contributed by atoms with Crippen LogP contribution >= 0.6 is 11.6 Å². The number of halogens is 2. The summed E-state index contributed by atoms with van der Waals surface area (Å²) in [6, 6.07) is 3.47. The molecule has 0 bridgehead atoms. The molecule has 0 radical (unpaired) electrons. The summed E-state index contributed by atoms with van der Waals surface area (Å²) in [5, 5.41) is 18.7.